The Morgan fingerprint density at radius 2 is 2.33 bits per heavy atom. The first-order chi connectivity index (χ1) is 4.38. The summed E-state index contributed by atoms with van der Waals surface area (Å²) in [6, 6.07) is 0. The highest BCUT2D eigenvalue weighted by Gasteiger charge is 2.23. The van der Waals surface area contributed by atoms with Gasteiger partial charge < -0.3 is 5.11 Å². The molecule has 0 unspecified atom stereocenters. The Balaban J connectivity index is 2.41. The lowest BCUT2D eigenvalue weighted by Crippen LogP contribution is -2.08. The van der Waals surface area contributed by atoms with Crippen LogP contribution in [0.25, 0.3) is 0 Å². The van der Waals surface area contributed by atoms with Crippen LogP contribution in [0.5, 0.6) is 0 Å². The summed E-state index contributed by atoms with van der Waals surface area (Å²) in [5, 5.41) is 8.82. The number of allylic oxidation sites excluding steroid dienone is 1. The number of hydrogen-bond acceptors (Lipinski definition) is 1. The fourth-order valence-corrected chi connectivity index (χ4v) is 1.60. The zero-order valence-corrected chi connectivity index (χ0v) is 5.71. The summed E-state index contributed by atoms with van der Waals surface area (Å²) in [6.45, 7) is 4.07. The van der Waals surface area contributed by atoms with Crippen molar-refractivity contribution in [2.45, 2.75) is 19.3 Å². The molecule has 0 heterocycles. The molecule has 0 aromatic carbocycles. The second kappa shape index (κ2) is 3.02. The minimum atomic E-state index is 0.344. The molecule has 0 radical (unpaired) electrons. The van der Waals surface area contributed by atoms with Gasteiger partial charge in [-0.15, -0.1) is 6.58 Å². The van der Waals surface area contributed by atoms with Gasteiger partial charge in [-0.05, 0) is 24.7 Å². The Kier molecular flexibility index (Phi) is 2.29. The van der Waals surface area contributed by atoms with Crippen LogP contribution in [0.15, 0.2) is 12.7 Å². The SMILES string of the molecule is C=C[C@H]1CCC[C@H]1CO. The molecular weight excluding hydrogens is 112 g/mol. The highest BCUT2D eigenvalue weighted by Crippen LogP contribution is 2.31. The lowest BCUT2D eigenvalue weighted by Gasteiger charge is -2.10. The van der Waals surface area contributed by atoms with Gasteiger partial charge in [0, 0.05) is 6.61 Å². The third-order valence-corrected chi connectivity index (χ3v) is 2.26. The van der Waals surface area contributed by atoms with Gasteiger partial charge in [-0.2, -0.15) is 0 Å². The summed E-state index contributed by atoms with van der Waals surface area (Å²) >= 11 is 0. The standard InChI is InChI=1S/C8H14O/c1-2-7-4-3-5-8(7)6-9/h2,7-9H,1,3-6H2/t7-,8-/m0/s1. The molecule has 1 heteroatoms. The predicted octanol–water partition coefficient (Wildman–Crippen LogP) is 1.58. The Bertz CT molecular complexity index is 98.7. The van der Waals surface area contributed by atoms with E-state index < -0.39 is 0 Å². The average molecular weight is 126 g/mol. The summed E-state index contributed by atoms with van der Waals surface area (Å²) in [5.41, 5.74) is 0. The van der Waals surface area contributed by atoms with Crippen LogP contribution >= 0.6 is 0 Å². The maximum Gasteiger partial charge on any atom is 0.0464 e. The lowest BCUT2D eigenvalue weighted by molar-refractivity contribution is 0.210. The van der Waals surface area contributed by atoms with E-state index in [0.29, 0.717) is 18.4 Å². The van der Waals surface area contributed by atoms with Crippen LogP contribution in [0, 0.1) is 11.8 Å². The molecule has 0 spiro atoms. The predicted molar refractivity (Wildman–Crippen MR) is 38.1 cm³/mol. The normalized spacial score (nSPS) is 34.8. The van der Waals surface area contributed by atoms with E-state index in [1.54, 1.807) is 0 Å². The summed E-state index contributed by atoms with van der Waals surface area (Å²) in [7, 11) is 0. The van der Waals surface area contributed by atoms with Crippen LogP contribution in [0.4, 0.5) is 0 Å². The monoisotopic (exact) mass is 126 g/mol. The van der Waals surface area contributed by atoms with Gasteiger partial charge in [-0.3, -0.25) is 0 Å². The van der Waals surface area contributed by atoms with Crippen molar-refractivity contribution in [2.24, 2.45) is 11.8 Å². The molecule has 0 aliphatic heterocycles. The Hall–Kier alpha value is -0.300. The summed E-state index contributed by atoms with van der Waals surface area (Å²) in [5.74, 6) is 1.11. The van der Waals surface area contributed by atoms with E-state index in [1.165, 1.54) is 19.3 Å². The maximum absolute atomic E-state index is 8.82. The van der Waals surface area contributed by atoms with E-state index in [4.69, 9.17) is 5.11 Å². The van der Waals surface area contributed by atoms with Gasteiger partial charge in [-0.25, -0.2) is 0 Å². The molecule has 0 aromatic rings. The number of rotatable bonds is 2. The highest BCUT2D eigenvalue weighted by molar-refractivity contribution is 4.88. The molecule has 1 aliphatic carbocycles. The van der Waals surface area contributed by atoms with Crippen LogP contribution in [-0.4, -0.2) is 11.7 Å². The molecule has 1 fully saturated rings. The average Bonchev–Trinajstić information content (AvgIpc) is 2.33. The zero-order chi connectivity index (χ0) is 6.69. The molecule has 0 aromatic heterocycles. The van der Waals surface area contributed by atoms with E-state index in [9.17, 15) is 0 Å². The second-order valence-electron chi connectivity index (χ2n) is 2.77. The molecule has 1 aliphatic rings. The molecule has 1 nitrogen and oxygen atoms in total. The van der Waals surface area contributed by atoms with E-state index in [-0.39, 0.29) is 0 Å². The zero-order valence-electron chi connectivity index (χ0n) is 5.71. The van der Waals surface area contributed by atoms with E-state index >= 15 is 0 Å². The van der Waals surface area contributed by atoms with Gasteiger partial charge in [-0.1, -0.05) is 12.5 Å². The molecular formula is C8H14O. The van der Waals surface area contributed by atoms with Crippen molar-refractivity contribution >= 4 is 0 Å². The quantitative estimate of drug-likeness (QED) is 0.557. The first-order valence-corrected chi connectivity index (χ1v) is 3.62. The summed E-state index contributed by atoms with van der Waals surface area (Å²) in [6.07, 6.45) is 5.66. The molecule has 0 amide bonds. The van der Waals surface area contributed by atoms with Crippen molar-refractivity contribution in [1.29, 1.82) is 0 Å². The third kappa shape index (κ3) is 1.33. The van der Waals surface area contributed by atoms with E-state index in [0.717, 1.165) is 0 Å². The smallest absolute Gasteiger partial charge is 0.0464 e. The first-order valence-electron chi connectivity index (χ1n) is 3.62. The Morgan fingerprint density at radius 1 is 1.56 bits per heavy atom. The third-order valence-electron chi connectivity index (χ3n) is 2.26. The van der Waals surface area contributed by atoms with Gasteiger partial charge in [0.2, 0.25) is 0 Å². The fraction of sp³-hybridized carbons (Fsp3) is 0.750. The van der Waals surface area contributed by atoms with Crippen molar-refractivity contribution in [2.75, 3.05) is 6.61 Å². The van der Waals surface area contributed by atoms with Gasteiger partial charge >= 0.3 is 0 Å². The van der Waals surface area contributed by atoms with E-state index in [1.807, 2.05) is 6.08 Å². The molecule has 1 saturated carbocycles. The van der Waals surface area contributed by atoms with Gasteiger partial charge in [0.25, 0.3) is 0 Å². The largest absolute Gasteiger partial charge is 0.396 e. The molecule has 9 heavy (non-hydrogen) atoms. The maximum atomic E-state index is 8.82. The van der Waals surface area contributed by atoms with Crippen molar-refractivity contribution in [1.82, 2.24) is 0 Å². The number of aliphatic hydroxyl groups excluding tert-OH is 1. The van der Waals surface area contributed by atoms with Gasteiger partial charge in [0.05, 0.1) is 0 Å². The van der Waals surface area contributed by atoms with Crippen LogP contribution in [0.3, 0.4) is 0 Å². The molecule has 1 rings (SSSR count). The van der Waals surface area contributed by atoms with Gasteiger partial charge in [0.15, 0.2) is 0 Å². The second-order valence-corrected chi connectivity index (χ2v) is 2.77. The molecule has 0 saturated heterocycles. The van der Waals surface area contributed by atoms with Crippen LogP contribution in [-0.2, 0) is 0 Å². The number of hydrogen-bond donors (Lipinski definition) is 1. The lowest BCUT2D eigenvalue weighted by atomic mass is 9.97. The van der Waals surface area contributed by atoms with Crippen molar-refractivity contribution in [3.8, 4) is 0 Å². The van der Waals surface area contributed by atoms with Crippen LogP contribution in [0.1, 0.15) is 19.3 Å². The van der Waals surface area contributed by atoms with Crippen LogP contribution < -0.4 is 0 Å². The molecule has 2 atom stereocenters. The fourth-order valence-electron chi connectivity index (χ4n) is 1.60. The molecule has 0 bridgehead atoms. The van der Waals surface area contributed by atoms with Crippen molar-refractivity contribution in [3.63, 3.8) is 0 Å². The number of aliphatic hydroxyl groups is 1. The Labute approximate surface area is 56.4 Å². The van der Waals surface area contributed by atoms with Gasteiger partial charge in [0.1, 0.15) is 0 Å². The first kappa shape index (κ1) is 6.81. The summed E-state index contributed by atoms with van der Waals surface area (Å²) in [4.78, 5) is 0. The minimum Gasteiger partial charge on any atom is -0.396 e. The highest BCUT2D eigenvalue weighted by atomic mass is 16.3. The molecule has 1 N–H and O–H groups in total. The minimum absolute atomic E-state index is 0.344. The van der Waals surface area contributed by atoms with Crippen LogP contribution in [0.2, 0.25) is 0 Å². The summed E-state index contributed by atoms with van der Waals surface area (Å²) < 4.78 is 0. The topological polar surface area (TPSA) is 20.2 Å². The van der Waals surface area contributed by atoms with E-state index in [2.05, 4.69) is 6.58 Å². The van der Waals surface area contributed by atoms with Crippen molar-refractivity contribution in [3.05, 3.63) is 12.7 Å². The van der Waals surface area contributed by atoms with Crippen molar-refractivity contribution < 1.29 is 5.11 Å². The Morgan fingerprint density at radius 3 is 2.78 bits per heavy atom. The molecule has 52 valence electrons.